The number of aliphatic hydroxyl groups is 1. The molecule has 2 aliphatic rings. The molecule has 0 unspecified atom stereocenters. The molecule has 1 saturated carbocycles. The number of hydrogen-bond donors (Lipinski definition) is 2. The maximum absolute atomic E-state index is 11.1. The standard InChI is InChI=1S/C12H18O3/c13-7-11-9-4-2-1-3-8(9)5-6-10(11)12(14)15/h5,9-11,13H,1-4,6-7H2,(H,14,15)/t9-,10+,11-/m0/s1. The summed E-state index contributed by atoms with van der Waals surface area (Å²) >= 11 is 0. The smallest absolute Gasteiger partial charge is 0.307 e. The number of carboxylic acids is 1. The molecule has 0 aromatic rings. The van der Waals surface area contributed by atoms with Crippen molar-refractivity contribution in [3.8, 4) is 0 Å². The second kappa shape index (κ2) is 4.35. The molecule has 0 saturated heterocycles. The first-order valence-corrected chi connectivity index (χ1v) is 5.76. The van der Waals surface area contributed by atoms with Crippen LogP contribution in [0.3, 0.4) is 0 Å². The quantitative estimate of drug-likeness (QED) is 0.683. The maximum Gasteiger partial charge on any atom is 0.307 e. The highest BCUT2D eigenvalue weighted by molar-refractivity contribution is 5.71. The Labute approximate surface area is 89.8 Å². The van der Waals surface area contributed by atoms with Crippen LogP contribution in [0.4, 0.5) is 0 Å². The zero-order valence-corrected chi connectivity index (χ0v) is 8.85. The van der Waals surface area contributed by atoms with E-state index < -0.39 is 5.97 Å². The molecule has 1 fully saturated rings. The number of fused-ring (bicyclic) bond motifs is 1. The zero-order valence-electron chi connectivity index (χ0n) is 8.85. The van der Waals surface area contributed by atoms with E-state index in [1.54, 1.807) is 0 Å². The van der Waals surface area contributed by atoms with Crippen LogP contribution >= 0.6 is 0 Å². The minimum absolute atomic E-state index is 0.0129. The van der Waals surface area contributed by atoms with Gasteiger partial charge in [-0.2, -0.15) is 0 Å². The second-order valence-corrected chi connectivity index (χ2v) is 4.66. The van der Waals surface area contributed by atoms with Gasteiger partial charge in [0.15, 0.2) is 0 Å². The fourth-order valence-corrected chi connectivity index (χ4v) is 3.08. The van der Waals surface area contributed by atoms with Gasteiger partial charge in [0.1, 0.15) is 0 Å². The fourth-order valence-electron chi connectivity index (χ4n) is 3.08. The first-order valence-electron chi connectivity index (χ1n) is 5.76. The average molecular weight is 210 g/mol. The third kappa shape index (κ3) is 1.93. The number of aliphatic hydroxyl groups excluding tert-OH is 1. The van der Waals surface area contributed by atoms with Gasteiger partial charge in [-0.1, -0.05) is 18.1 Å². The molecule has 0 aromatic heterocycles. The van der Waals surface area contributed by atoms with Gasteiger partial charge in [-0.25, -0.2) is 0 Å². The molecule has 2 N–H and O–H groups in total. The van der Waals surface area contributed by atoms with Crippen molar-refractivity contribution in [3.05, 3.63) is 11.6 Å². The van der Waals surface area contributed by atoms with Gasteiger partial charge in [0, 0.05) is 12.5 Å². The zero-order chi connectivity index (χ0) is 10.8. The summed E-state index contributed by atoms with van der Waals surface area (Å²) in [5.41, 5.74) is 1.40. The maximum atomic E-state index is 11.1. The van der Waals surface area contributed by atoms with Gasteiger partial charge >= 0.3 is 5.97 Å². The molecule has 15 heavy (non-hydrogen) atoms. The van der Waals surface area contributed by atoms with Gasteiger partial charge in [-0.3, -0.25) is 4.79 Å². The molecule has 0 heterocycles. The summed E-state index contributed by atoms with van der Waals surface area (Å²) in [6.07, 6.45) is 7.26. The van der Waals surface area contributed by atoms with Crippen LogP contribution in [0.15, 0.2) is 11.6 Å². The molecule has 2 aliphatic carbocycles. The van der Waals surface area contributed by atoms with Crippen molar-refractivity contribution in [2.45, 2.75) is 32.1 Å². The van der Waals surface area contributed by atoms with Crippen molar-refractivity contribution in [1.82, 2.24) is 0 Å². The van der Waals surface area contributed by atoms with Crippen molar-refractivity contribution < 1.29 is 15.0 Å². The summed E-state index contributed by atoms with van der Waals surface area (Å²) in [5.74, 6) is -0.849. The summed E-state index contributed by atoms with van der Waals surface area (Å²) in [6.45, 7) is 0.0129. The van der Waals surface area contributed by atoms with Gasteiger partial charge in [-0.05, 0) is 31.6 Å². The minimum atomic E-state index is -0.755. The van der Waals surface area contributed by atoms with Gasteiger partial charge in [0.25, 0.3) is 0 Å². The Balaban J connectivity index is 2.20. The van der Waals surface area contributed by atoms with E-state index in [1.807, 2.05) is 0 Å². The Bertz CT molecular complexity index is 283. The first-order chi connectivity index (χ1) is 7.24. The molecular weight excluding hydrogens is 192 g/mol. The molecule has 0 aromatic carbocycles. The van der Waals surface area contributed by atoms with Crippen molar-refractivity contribution >= 4 is 5.97 Å². The van der Waals surface area contributed by atoms with Crippen molar-refractivity contribution in [3.63, 3.8) is 0 Å². The van der Waals surface area contributed by atoms with E-state index in [4.69, 9.17) is 5.11 Å². The van der Waals surface area contributed by atoms with Gasteiger partial charge < -0.3 is 10.2 Å². The molecule has 0 aliphatic heterocycles. The summed E-state index contributed by atoms with van der Waals surface area (Å²) in [4.78, 5) is 11.1. The largest absolute Gasteiger partial charge is 0.481 e. The molecule has 3 nitrogen and oxygen atoms in total. The number of allylic oxidation sites excluding steroid dienone is 2. The molecule has 0 bridgehead atoms. The van der Waals surface area contributed by atoms with Crippen LogP contribution in [0.5, 0.6) is 0 Å². The van der Waals surface area contributed by atoms with E-state index in [0.29, 0.717) is 12.3 Å². The number of rotatable bonds is 2. The third-order valence-corrected chi connectivity index (χ3v) is 3.90. The van der Waals surface area contributed by atoms with Crippen LogP contribution < -0.4 is 0 Å². The predicted octanol–water partition coefficient (Wildman–Crippen LogP) is 1.82. The van der Waals surface area contributed by atoms with Gasteiger partial charge in [0.2, 0.25) is 0 Å². The van der Waals surface area contributed by atoms with E-state index in [0.717, 1.165) is 12.8 Å². The normalized spacial score (nSPS) is 35.5. The molecule has 0 amide bonds. The highest BCUT2D eigenvalue weighted by Crippen LogP contribution is 2.42. The van der Waals surface area contributed by atoms with E-state index in [2.05, 4.69) is 6.08 Å². The molecule has 0 radical (unpaired) electrons. The minimum Gasteiger partial charge on any atom is -0.481 e. The fraction of sp³-hybridized carbons (Fsp3) is 0.750. The Hall–Kier alpha value is -0.830. The molecule has 3 atom stereocenters. The lowest BCUT2D eigenvalue weighted by Crippen LogP contribution is -2.36. The van der Waals surface area contributed by atoms with E-state index in [9.17, 15) is 9.90 Å². The lowest BCUT2D eigenvalue weighted by molar-refractivity contribution is -0.145. The highest BCUT2D eigenvalue weighted by atomic mass is 16.4. The van der Waals surface area contributed by atoms with Crippen LogP contribution in [-0.4, -0.2) is 22.8 Å². The van der Waals surface area contributed by atoms with Crippen LogP contribution in [-0.2, 0) is 4.79 Å². The summed E-state index contributed by atoms with van der Waals surface area (Å²) < 4.78 is 0. The van der Waals surface area contributed by atoms with E-state index in [1.165, 1.54) is 18.4 Å². The van der Waals surface area contributed by atoms with E-state index >= 15 is 0 Å². The third-order valence-electron chi connectivity index (χ3n) is 3.90. The topological polar surface area (TPSA) is 57.5 Å². The molecule has 3 heteroatoms. The average Bonchev–Trinajstić information content (AvgIpc) is 2.27. The Kier molecular flexibility index (Phi) is 3.10. The lowest BCUT2D eigenvalue weighted by Gasteiger charge is -2.38. The van der Waals surface area contributed by atoms with E-state index in [-0.39, 0.29) is 18.4 Å². The lowest BCUT2D eigenvalue weighted by atomic mass is 9.67. The van der Waals surface area contributed by atoms with Crippen molar-refractivity contribution in [2.24, 2.45) is 17.8 Å². The molecule has 0 spiro atoms. The molecule has 84 valence electrons. The number of carbonyl (C=O) groups is 1. The van der Waals surface area contributed by atoms with Gasteiger partial charge in [0.05, 0.1) is 5.92 Å². The summed E-state index contributed by atoms with van der Waals surface area (Å²) in [5, 5.41) is 18.4. The van der Waals surface area contributed by atoms with Crippen LogP contribution in [0.25, 0.3) is 0 Å². The highest BCUT2D eigenvalue weighted by Gasteiger charge is 2.38. The van der Waals surface area contributed by atoms with Crippen LogP contribution in [0.1, 0.15) is 32.1 Å². The first kappa shape index (κ1) is 10.7. The Morgan fingerprint density at radius 3 is 2.93 bits per heavy atom. The predicted molar refractivity (Wildman–Crippen MR) is 56.4 cm³/mol. The summed E-state index contributed by atoms with van der Waals surface area (Å²) in [6, 6.07) is 0. The van der Waals surface area contributed by atoms with Crippen molar-refractivity contribution in [1.29, 1.82) is 0 Å². The van der Waals surface area contributed by atoms with Crippen molar-refractivity contribution in [2.75, 3.05) is 6.61 Å². The number of carboxylic acid groups (broad SMARTS) is 1. The van der Waals surface area contributed by atoms with Gasteiger partial charge in [-0.15, -0.1) is 0 Å². The monoisotopic (exact) mass is 210 g/mol. The van der Waals surface area contributed by atoms with Crippen LogP contribution in [0.2, 0.25) is 0 Å². The SMILES string of the molecule is O=C(O)[C@@H]1CC=C2CCCC[C@@H]2[C@@H]1CO. The van der Waals surface area contributed by atoms with Crippen LogP contribution in [0, 0.1) is 17.8 Å². The molecular formula is C12H18O3. The molecule has 2 rings (SSSR count). The number of aliphatic carboxylic acids is 1. The summed E-state index contributed by atoms with van der Waals surface area (Å²) in [7, 11) is 0. The number of hydrogen-bond acceptors (Lipinski definition) is 2. The Morgan fingerprint density at radius 2 is 2.27 bits per heavy atom. The second-order valence-electron chi connectivity index (χ2n) is 4.66. The Morgan fingerprint density at radius 1 is 1.47 bits per heavy atom.